The highest BCUT2D eigenvalue weighted by molar-refractivity contribution is 7.09. The highest BCUT2D eigenvalue weighted by Gasteiger charge is 2.17. The molecule has 29 heavy (non-hydrogen) atoms. The van der Waals surface area contributed by atoms with Gasteiger partial charge < -0.3 is 19.5 Å². The van der Waals surface area contributed by atoms with Crippen LogP contribution in [0.1, 0.15) is 10.6 Å². The first kappa shape index (κ1) is 19.0. The number of aromatic nitrogens is 1. The summed E-state index contributed by atoms with van der Waals surface area (Å²) in [7, 11) is 1.57. The topological polar surface area (TPSA) is 69.7 Å². The van der Waals surface area contributed by atoms with Gasteiger partial charge in [-0.25, -0.2) is 4.98 Å². The highest BCUT2D eigenvalue weighted by Crippen LogP contribution is 2.40. The number of hydrogen-bond donors (Lipinski definition) is 1. The van der Waals surface area contributed by atoms with E-state index < -0.39 is 0 Å². The average molecular weight is 408 g/mol. The van der Waals surface area contributed by atoms with Gasteiger partial charge in [0, 0.05) is 22.7 Å². The molecule has 1 aliphatic rings. The summed E-state index contributed by atoms with van der Waals surface area (Å²) in [5, 5.41) is 5.90. The number of aryl methyl sites for hydroxylation is 1. The Morgan fingerprint density at radius 3 is 2.72 bits per heavy atom. The number of ether oxygens (including phenoxy) is 3. The van der Waals surface area contributed by atoms with E-state index in [1.807, 2.05) is 48.7 Å². The van der Waals surface area contributed by atoms with Gasteiger partial charge in [-0.2, -0.15) is 0 Å². The Morgan fingerprint density at radius 1 is 1.21 bits per heavy atom. The first-order chi connectivity index (χ1) is 14.1. The maximum absolute atomic E-state index is 12.3. The van der Waals surface area contributed by atoms with Crippen molar-refractivity contribution in [3.63, 3.8) is 0 Å². The van der Waals surface area contributed by atoms with Crippen LogP contribution < -0.4 is 19.5 Å². The van der Waals surface area contributed by atoms with Crippen molar-refractivity contribution in [1.82, 2.24) is 4.98 Å². The minimum absolute atomic E-state index is 0.226. The zero-order chi connectivity index (χ0) is 20.2. The van der Waals surface area contributed by atoms with Crippen LogP contribution in [0.15, 0.2) is 47.9 Å². The molecule has 2 aromatic carbocycles. The summed E-state index contributed by atoms with van der Waals surface area (Å²) in [5.41, 5.74) is 3.47. The van der Waals surface area contributed by atoms with Gasteiger partial charge in [-0.05, 0) is 42.8 Å². The fourth-order valence-corrected chi connectivity index (χ4v) is 3.59. The van der Waals surface area contributed by atoms with E-state index in [1.165, 1.54) is 6.08 Å². The Hall–Kier alpha value is -3.32. The molecule has 0 aliphatic carbocycles. The normalized spacial score (nSPS) is 12.8. The molecule has 0 spiro atoms. The van der Waals surface area contributed by atoms with E-state index in [2.05, 4.69) is 10.3 Å². The number of rotatable bonds is 5. The van der Waals surface area contributed by atoms with Crippen LogP contribution in [0, 0.1) is 6.92 Å². The summed E-state index contributed by atoms with van der Waals surface area (Å²) in [6.45, 7) is 2.95. The van der Waals surface area contributed by atoms with Crippen LogP contribution in [0.25, 0.3) is 17.3 Å². The van der Waals surface area contributed by atoms with E-state index in [9.17, 15) is 4.79 Å². The number of hydrogen-bond acceptors (Lipinski definition) is 6. The predicted molar refractivity (Wildman–Crippen MR) is 114 cm³/mol. The molecule has 4 rings (SSSR count). The number of anilines is 1. The number of amides is 1. The van der Waals surface area contributed by atoms with E-state index in [4.69, 9.17) is 14.2 Å². The van der Waals surface area contributed by atoms with Gasteiger partial charge in [0.05, 0.1) is 17.8 Å². The molecule has 0 saturated heterocycles. The zero-order valence-electron chi connectivity index (χ0n) is 16.1. The SMILES string of the molecule is COc1cc(/C=C/C(=O)Nc2ccc(-c3csc(C)n3)cc2)cc2c1OCCO2. The van der Waals surface area contributed by atoms with Crippen LogP contribution in [0.2, 0.25) is 0 Å². The molecule has 0 saturated carbocycles. The fourth-order valence-electron chi connectivity index (χ4n) is 2.97. The molecule has 0 atom stereocenters. The molecule has 2 heterocycles. The summed E-state index contributed by atoms with van der Waals surface area (Å²) >= 11 is 1.61. The zero-order valence-corrected chi connectivity index (χ0v) is 16.9. The van der Waals surface area contributed by atoms with E-state index in [-0.39, 0.29) is 5.91 Å². The first-order valence-electron chi connectivity index (χ1n) is 9.11. The first-order valence-corrected chi connectivity index (χ1v) is 9.99. The summed E-state index contributed by atoms with van der Waals surface area (Å²) in [5.74, 6) is 1.56. The third-order valence-corrected chi connectivity index (χ3v) is 5.12. The molecular formula is C22H20N2O4S. The third kappa shape index (κ3) is 4.41. The molecule has 7 heteroatoms. The standard InChI is InChI=1S/C22H20N2O4S/c1-14-23-18(13-29-14)16-4-6-17(7-5-16)24-21(25)8-3-15-11-19(26-2)22-20(12-15)27-9-10-28-22/h3-8,11-13H,9-10H2,1-2H3,(H,24,25)/b8-3+. The largest absolute Gasteiger partial charge is 0.493 e. The van der Waals surface area contributed by atoms with E-state index in [0.29, 0.717) is 30.5 Å². The number of nitrogens with zero attached hydrogens (tertiary/aromatic N) is 1. The van der Waals surface area contributed by atoms with Gasteiger partial charge in [0.2, 0.25) is 11.7 Å². The molecule has 1 amide bonds. The van der Waals surface area contributed by atoms with Crippen molar-refractivity contribution < 1.29 is 19.0 Å². The van der Waals surface area contributed by atoms with Crippen molar-refractivity contribution in [2.45, 2.75) is 6.92 Å². The van der Waals surface area contributed by atoms with Gasteiger partial charge in [0.25, 0.3) is 0 Å². The van der Waals surface area contributed by atoms with Crippen LogP contribution in [-0.4, -0.2) is 31.2 Å². The molecule has 0 radical (unpaired) electrons. The number of benzene rings is 2. The Kier molecular flexibility index (Phi) is 5.48. The second-order valence-corrected chi connectivity index (χ2v) is 7.46. The van der Waals surface area contributed by atoms with Crippen LogP contribution in [0.3, 0.4) is 0 Å². The number of methoxy groups -OCH3 is 1. The molecule has 0 unspecified atom stereocenters. The number of carbonyl (C=O) groups excluding carboxylic acids is 1. The molecule has 1 aliphatic heterocycles. The minimum Gasteiger partial charge on any atom is -0.493 e. The maximum Gasteiger partial charge on any atom is 0.248 e. The van der Waals surface area contributed by atoms with Crippen molar-refractivity contribution in [1.29, 1.82) is 0 Å². The smallest absolute Gasteiger partial charge is 0.248 e. The second kappa shape index (κ2) is 8.36. The van der Waals surface area contributed by atoms with Gasteiger partial charge in [-0.1, -0.05) is 12.1 Å². The molecule has 6 nitrogen and oxygen atoms in total. The summed E-state index contributed by atoms with van der Waals surface area (Å²) in [4.78, 5) is 16.8. The molecule has 0 bridgehead atoms. The molecule has 0 fully saturated rings. The lowest BCUT2D eigenvalue weighted by molar-refractivity contribution is -0.111. The molecule has 1 N–H and O–H groups in total. The van der Waals surface area contributed by atoms with Crippen molar-refractivity contribution in [2.24, 2.45) is 0 Å². The van der Waals surface area contributed by atoms with Crippen LogP contribution in [-0.2, 0) is 4.79 Å². The van der Waals surface area contributed by atoms with Crippen molar-refractivity contribution in [3.8, 4) is 28.5 Å². The van der Waals surface area contributed by atoms with Crippen molar-refractivity contribution in [3.05, 3.63) is 58.4 Å². The van der Waals surface area contributed by atoms with Crippen LogP contribution in [0.4, 0.5) is 5.69 Å². The summed E-state index contributed by atoms with van der Waals surface area (Å²) in [6, 6.07) is 11.2. The van der Waals surface area contributed by atoms with Crippen molar-refractivity contribution in [2.75, 3.05) is 25.6 Å². The van der Waals surface area contributed by atoms with Gasteiger partial charge in [-0.15, -0.1) is 11.3 Å². The summed E-state index contributed by atoms with van der Waals surface area (Å²) in [6.07, 6.45) is 3.19. The molecule has 1 aromatic heterocycles. The monoisotopic (exact) mass is 408 g/mol. The Balaban J connectivity index is 1.43. The van der Waals surface area contributed by atoms with Gasteiger partial charge in [0.15, 0.2) is 11.5 Å². The lowest BCUT2D eigenvalue weighted by Crippen LogP contribution is -2.16. The lowest BCUT2D eigenvalue weighted by Gasteiger charge is -2.20. The average Bonchev–Trinajstić information content (AvgIpc) is 3.18. The number of nitrogens with one attached hydrogen (secondary N) is 1. The molecule has 3 aromatic rings. The summed E-state index contributed by atoms with van der Waals surface area (Å²) < 4.78 is 16.6. The van der Waals surface area contributed by atoms with Gasteiger partial charge in [0.1, 0.15) is 13.2 Å². The predicted octanol–water partition coefficient (Wildman–Crippen LogP) is 4.55. The Morgan fingerprint density at radius 2 is 2.00 bits per heavy atom. The van der Waals surface area contributed by atoms with Gasteiger partial charge in [-0.3, -0.25) is 4.79 Å². The lowest BCUT2D eigenvalue weighted by atomic mass is 10.1. The van der Waals surface area contributed by atoms with Crippen LogP contribution >= 0.6 is 11.3 Å². The Labute approximate surface area is 172 Å². The quantitative estimate of drug-likeness (QED) is 0.627. The second-order valence-electron chi connectivity index (χ2n) is 6.40. The number of carbonyl (C=O) groups is 1. The van der Waals surface area contributed by atoms with Crippen LogP contribution in [0.5, 0.6) is 17.2 Å². The van der Waals surface area contributed by atoms with E-state index in [1.54, 1.807) is 24.5 Å². The van der Waals surface area contributed by atoms with Crippen molar-refractivity contribution >= 4 is 29.0 Å². The number of thiazole rings is 1. The Bertz CT molecular complexity index is 1040. The van der Waals surface area contributed by atoms with E-state index >= 15 is 0 Å². The highest BCUT2D eigenvalue weighted by atomic mass is 32.1. The minimum atomic E-state index is -0.226. The number of fused-ring (bicyclic) bond motifs is 1. The third-order valence-electron chi connectivity index (χ3n) is 4.34. The fraction of sp³-hybridized carbons (Fsp3) is 0.182. The molecular weight excluding hydrogens is 388 g/mol. The van der Waals surface area contributed by atoms with E-state index in [0.717, 1.165) is 27.5 Å². The van der Waals surface area contributed by atoms with Gasteiger partial charge >= 0.3 is 0 Å². The molecule has 148 valence electrons. The maximum atomic E-state index is 12.3.